The molecule has 4 heteroatoms. The zero-order valence-electron chi connectivity index (χ0n) is 12.4. The molecule has 1 saturated heterocycles. The molecule has 1 N–H and O–H groups in total. The van der Waals surface area contributed by atoms with Gasteiger partial charge in [-0.1, -0.05) is 48.5 Å². The lowest BCUT2D eigenvalue weighted by Gasteiger charge is -2.34. The van der Waals surface area contributed by atoms with Crippen LogP contribution in [0.4, 0.5) is 0 Å². The Morgan fingerprint density at radius 3 is 2.26 bits per heavy atom. The minimum atomic E-state index is -1.15. The topological polar surface area (TPSA) is 15.3 Å². The number of hydrogen-bond acceptors (Lipinski definition) is 2. The molecule has 1 aromatic carbocycles. The van der Waals surface area contributed by atoms with Crippen LogP contribution in [0, 0.1) is 6.92 Å². The monoisotopic (exact) mass is 298 g/mol. The van der Waals surface area contributed by atoms with Gasteiger partial charge in [0.25, 0.3) is 0 Å². The number of nitrogens with zero attached hydrogens (tertiary/aromatic N) is 1. The van der Waals surface area contributed by atoms with Gasteiger partial charge in [0.15, 0.2) is 0 Å². The molecule has 1 aromatic rings. The van der Waals surface area contributed by atoms with E-state index in [0.29, 0.717) is 0 Å². The molecule has 1 aliphatic heterocycles. The number of nitrogens with one attached hydrogen (secondary N) is 1. The van der Waals surface area contributed by atoms with Gasteiger partial charge < -0.3 is 10.2 Å². The summed E-state index contributed by atoms with van der Waals surface area (Å²) in [5.74, 6) is 0. The molecule has 0 aliphatic carbocycles. The zero-order chi connectivity index (χ0) is 13.0. The van der Waals surface area contributed by atoms with E-state index in [1.807, 2.05) is 0 Å². The van der Waals surface area contributed by atoms with Gasteiger partial charge in [-0.15, -0.1) is 12.4 Å². The maximum Gasteiger partial charge on any atom is 0.0672 e. The number of benzene rings is 1. The number of halogens is 1. The van der Waals surface area contributed by atoms with E-state index < -0.39 is 8.07 Å². The fraction of sp³-hybridized carbons (Fsp3) is 0.600. The van der Waals surface area contributed by atoms with Gasteiger partial charge in [0.05, 0.1) is 8.07 Å². The summed E-state index contributed by atoms with van der Waals surface area (Å²) in [6.07, 6.45) is 1.34. The Labute approximate surface area is 125 Å². The quantitative estimate of drug-likeness (QED) is 0.860. The van der Waals surface area contributed by atoms with Gasteiger partial charge in [-0.3, -0.25) is 0 Å². The van der Waals surface area contributed by atoms with Crippen molar-refractivity contribution in [1.29, 1.82) is 0 Å². The molecule has 2 rings (SSSR count). The lowest BCUT2D eigenvalue weighted by atomic mass is 10.2. The third-order valence-electron chi connectivity index (χ3n) is 3.66. The van der Waals surface area contributed by atoms with Crippen molar-refractivity contribution >= 4 is 20.5 Å². The lowest BCUT2D eigenvalue weighted by molar-refractivity contribution is 0.272. The summed E-state index contributed by atoms with van der Waals surface area (Å²) in [5, 5.41) is 3.43. The maximum absolute atomic E-state index is 3.43. The molecule has 0 amide bonds. The molecule has 0 aromatic heterocycles. The van der Waals surface area contributed by atoms with Crippen molar-refractivity contribution in [3.05, 3.63) is 35.4 Å². The molecule has 0 spiro atoms. The highest BCUT2D eigenvalue weighted by molar-refractivity contribution is 6.77. The van der Waals surface area contributed by atoms with Crippen LogP contribution in [0.3, 0.4) is 0 Å². The molecule has 108 valence electrons. The third-order valence-corrected chi connectivity index (χ3v) is 6.33. The second-order valence-electron chi connectivity index (χ2n) is 6.35. The predicted octanol–water partition coefficient (Wildman–Crippen LogP) is 2.65. The largest absolute Gasteiger partial charge is 0.314 e. The fourth-order valence-corrected chi connectivity index (χ4v) is 5.77. The lowest BCUT2D eigenvalue weighted by Crippen LogP contribution is -2.51. The van der Waals surface area contributed by atoms with Gasteiger partial charge in [-0.25, -0.2) is 0 Å². The van der Waals surface area contributed by atoms with Crippen molar-refractivity contribution in [1.82, 2.24) is 10.2 Å². The van der Waals surface area contributed by atoms with E-state index in [1.54, 1.807) is 0 Å². The highest BCUT2D eigenvalue weighted by Gasteiger charge is 2.25. The van der Waals surface area contributed by atoms with Crippen LogP contribution in [-0.2, 0) is 6.04 Å². The van der Waals surface area contributed by atoms with E-state index in [9.17, 15) is 0 Å². The van der Waals surface area contributed by atoms with Gasteiger partial charge in [0, 0.05) is 26.2 Å². The molecule has 0 radical (unpaired) electrons. The Kier molecular flexibility index (Phi) is 6.53. The van der Waals surface area contributed by atoms with Gasteiger partial charge in [0.1, 0.15) is 0 Å². The highest BCUT2D eigenvalue weighted by atomic mass is 35.5. The number of aryl methyl sites for hydroxylation is 1. The first-order valence-electron chi connectivity index (χ1n) is 7.04. The van der Waals surface area contributed by atoms with E-state index >= 15 is 0 Å². The second kappa shape index (κ2) is 7.43. The van der Waals surface area contributed by atoms with Crippen molar-refractivity contribution in [3.63, 3.8) is 0 Å². The molecule has 0 saturated carbocycles. The van der Waals surface area contributed by atoms with Gasteiger partial charge in [0.2, 0.25) is 0 Å². The molecule has 0 bridgehead atoms. The summed E-state index contributed by atoms with van der Waals surface area (Å²) in [6, 6.07) is 10.4. The second-order valence-corrected chi connectivity index (χ2v) is 11.4. The van der Waals surface area contributed by atoms with E-state index in [2.05, 4.69) is 54.5 Å². The molecule has 1 aliphatic rings. The van der Waals surface area contributed by atoms with Crippen molar-refractivity contribution in [3.8, 4) is 0 Å². The van der Waals surface area contributed by atoms with E-state index in [-0.39, 0.29) is 12.4 Å². The molecule has 1 heterocycles. The normalized spacial score (nSPS) is 17.0. The third kappa shape index (κ3) is 5.65. The number of piperazine rings is 1. The summed E-state index contributed by atoms with van der Waals surface area (Å²) in [7, 11) is -1.15. The maximum atomic E-state index is 3.43. The molecular weight excluding hydrogens is 272 g/mol. The van der Waals surface area contributed by atoms with Crippen molar-refractivity contribution in [2.45, 2.75) is 26.1 Å². The van der Waals surface area contributed by atoms with Gasteiger partial charge in [-0.05, 0) is 19.1 Å². The first kappa shape index (κ1) is 16.7. The summed E-state index contributed by atoms with van der Waals surface area (Å²) >= 11 is 0. The van der Waals surface area contributed by atoms with E-state index in [0.717, 1.165) is 13.1 Å². The van der Waals surface area contributed by atoms with Crippen molar-refractivity contribution in [2.75, 3.05) is 32.3 Å². The molecular formula is C15H27ClN2Si. The first-order chi connectivity index (χ1) is 8.55. The summed E-state index contributed by atoms with van der Waals surface area (Å²) in [4.78, 5) is 2.65. The Hall–Kier alpha value is -0.353. The van der Waals surface area contributed by atoms with Crippen LogP contribution in [0.1, 0.15) is 11.1 Å². The van der Waals surface area contributed by atoms with E-state index in [4.69, 9.17) is 0 Å². The smallest absolute Gasteiger partial charge is 0.0672 e. The standard InChI is InChI=1S/C15H26N2Si.ClH/c1-14-4-6-15(7-5-14)12-18(2,3)13-17-10-8-16-9-11-17;/h4-7,16H,8-13H2,1-3H3;1H. The Bertz CT molecular complexity index is 372. The van der Waals surface area contributed by atoms with Crippen LogP contribution < -0.4 is 5.32 Å². The van der Waals surface area contributed by atoms with Gasteiger partial charge in [-0.2, -0.15) is 0 Å². The molecule has 0 atom stereocenters. The van der Waals surface area contributed by atoms with Crippen LogP contribution >= 0.6 is 12.4 Å². The predicted molar refractivity (Wildman–Crippen MR) is 88.9 cm³/mol. The summed E-state index contributed by atoms with van der Waals surface area (Å²) in [5.41, 5.74) is 2.88. The first-order valence-corrected chi connectivity index (χ1v) is 10.5. The van der Waals surface area contributed by atoms with Crippen molar-refractivity contribution < 1.29 is 0 Å². The minimum Gasteiger partial charge on any atom is -0.314 e. The Morgan fingerprint density at radius 1 is 1.11 bits per heavy atom. The van der Waals surface area contributed by atoms with E-state index in [1.165, 1.54) is 36.4 Å². The molecule has 2 nitrogen and oxygen atoms in total. The number of hydrogen-bond donors (Lipinski definition) is 1. The average molecular weight is 299 g/mol. The zero-order valence-corrected chi connectivity index (χ0v) is 14.2. The van der Waals surface area contributed by atoms with Crippen LogP contribution in [0.5, 0.6) is 0 Å². The molecule has 19 heavy (non-hydrogen) atoms. The summed E-state index contributed by atoms with van der Waals surface area (Å²) < 4.78 is 0. The molecule has 1 fully saturated rings. The number of rotatable bonds is 4. The average Bonchev–Trinajstić information content (AvgIpc) is 2.32. The fourth-order valence-electron chi connectivity index (χ4n) is 2.79. The summed E-state index contributed by atoms with van der Waals surface area (Å²) in [6.45, 7) is 12.0. The highest BCUT2D eigenvalue weighted by Crippen LogP contribution is 2.14. The van der Waals surface area contributed by atoms with Crippen LogP contribution in [0.25, 0.3) is 0 Å². The van der Waals surface area contributed by atoms with Crippen molar-refractivity contribution in [2.24, 2.45) is 0 Å². The van der Waals surface area contributed by atoms with Gasteiger partial charge >= 0.3 is 0 Å². The van der Waals surface area contributed by atoms with Crippen LogP contribution in [-0.4, -0.2) is 45.3 Å². The van der Waals surface area contributed by atoms with Crippen LogP contribution in [0.2, 0.25) is 13.1 Å². The Morgan fingerprint density at radius 2 is 1.68 bits per heavy atom. The SMILES string of the molecule is Cc1ccc(C[Si](C)(C)CN2CCNCC2)cc1.Cl. The molecule has 0 unspecified atom stereocenters. The van der Waals surface area contributed by atoms with Crippen LogP contribution in [0.15, 0.2) is 24.3 Å². The Balaban J connectivity index is 0.00000180. The minimum absolute atomic E-state index is 0.